The number of benzene rings is 1. The van der Waals surface area contributed by atoms with E-state index in [2.05, 4.69) is 19.1 Å². The maximum absolute atomic E-state index is 10.9. The Kier molecular flexibility index (Phi) is 4.25. The molecule has 102 valence electrons. The Bertz CT molecular complexity index is 499. The predicted molar refractivity (Wildman–Crippen MR) is 74.5 cm³/mol. The molecule has 1 aliphatic carbocycles. The lowest BCUT2D eigenvalue weighted by molar-refractivity contribution is -0.131. The minimum absolute atomic E-state index is 0.450. The van der Waals surface area contributed by atoms with Crippen LogP contribution in [0.1, 0.15) is 30.9 Å². The van der Waals surface area contributed by atoms with Gasteiger partial charge in [-0.15, -0.1) is 0 Å². The molecule has 0 aromatic heterocycles. The number of hydrogen-bond donors (Lipinski definition) is 1. The summed E-state index contributed by atoms with van der Waals surface area (Å²) in [4.78, 5) is 10.9. The Morgan fingerprint density at radius 3 is 2.74 bits per heavy atom. The van der Waals surface area contributed by atoms with Gasteiger partial charge in [-0.25, -0.2) is 4.79 Å². The third-order valence-electron chi connectivity index (χ3n) is 3.56. The molecule has 0 spiro atoms. The van der Waals surface area contributed by atoms with Gasteiger partial charge in [0.15, 0.2) is 0 Å². The van der Waals surface area contributed by atoms with Crippen molar-refractivity contribution in [3.05, 3.63) is 41.0 Å². The number of aliphatic carboxylic acids is 1. The van der Waals surface area contributed by atoms with E-state index in [9.17, 15) is 4.79 Å². The normalized spacial score (nSPS) is 15.4. The average Bonchev–Trinajstić information content (AvgIpc) is 3.21. The van der Waals surface area contributed by atoms with Crippen LogP contribution in [0.3, 0.4) is 0 Å². The molecule has 0 atom stereocenters. The smallest absolute Gasteiger partial charge is 0.328 e. The Morgan fingerprint density at radius 1 is 1.47 bits per heavy atom. The summed E-state index contributed by atoms with van der Waals surface area (Å²) in [7, 11) is 1.65. The van der Waals surface area contributed by atoms with Gasteiger partial charge >= 0.3 is 5.97 Å². The molecule has 3 nitrogen and oxygen atoms in total. The SMILES string of the molecule is CCc1ccc(OC)c(C/C(=C/C(=O)O)C2CC2)c1. The van der Waals surface area contributed by atoms with Crippen LogP contribution in [0.2, 0.25) is 0 Å². The fraction of sp³-hybridized carbons (Fsp3) is 0.438. The zero-order valence-corrected chi connectivity index (χ0v) is 11.5. The van der Waals surface area contributed by atoms with Gasteiger partial charge in [0.05, 0.1) is 7.11 Å². The molecule has 2 rings (SSSR count). The molecule has 1 fully saturated rings. The first-order valence-corrected chi connectivity index (χ1v) is 6.73. The molecule has 1 N–H and O–H groups in total. The van der Waals surface area contributed by atoms with E-state index in [-0.39, 0.29) is 0 Å². The molecule has 1 saturated carbocycles. The highest BCUT2D eigenvalue weighted by molar-refractivity contribution is 5.81. The number of methoxy groups -OCH3 is 1. The maximum atomic E-state index is 10.9. The van der Waals surface area contributed by atoms with E-state index >= 15 is 0 Å². The third kappa shape index (κ3) is 3.60. The van der Waals surface area contributed by atoms with E-state index in [1.54, 1.807) is 7.11 Å². The van der Waals surface area contributed by atoms with Crippen molar-refractivity contribution in [2.45, 2.75) is 32.6 Å². The molecule has 0 heterocycles. The number of allylic oxidation sites excluding steroid dienone is 1. The fourth-order valence-electron chi connectivity index (χ4n) is 2.34. The lowest BCUT2D eigenvalue weighted by Gasteiger charge is -2.12. The monoisotopic (exact) mass is 260 g/mol. The van der Waals surface area contributed by atoms with Crippen molar-refractivity contribution in [3.8, 4) is 5.75 Å². The molecular formula is C16H20O3. The molecule has 0 aliphatic heterocycles. The molecule has 1 aliphatic rings. The first-order chi connectivity index (χ1) is 9.13. The molecule has 0 unspecified atom stereocenters. The summed E-state index contributed by atoms with van der Waals surface area (Å²) in [5, 5.41) is 8.96. The average molecular weight is 260 g/mol. The lowest BCUT2D eigenvalue weighted by Crippen LogP contribution is -2.01. The topological polar surface area (TPSA) is 46.5 Å². The van der Waals surface area contributed by atoms with Crippen LogP contribution in [0.4, 0.5) is 0 Å². The second-order valence-electron chi connectivity index (χ2n) is 5.01. The van der Waals surface area contributed by atoms with Crippen molar-refractivity contribution in [2.75, 3.05) is 7.11 Å². The molecule has 19 heavy (non-hydrogen) atoms. The van der Waals surface area contributed by atoms with Crippen molar-refractivity contribution in [2.24, 2.45) is 5.92 Å². The van der Waals surface area contributed by atoms with E-state index in [4.69, 9.17) is 9.84 Å². The first kappa shape index (κ1) is 13.7. The van der Waals surface area contributed by atoms with Gasteiger partial charge in [-0.2, -0.15) is 0 Å². The molecule has 0 radical (unpaired) electrons. The summed E-state index contributed by atoms with van der Waals surface area (Å²) in [6, 6.07) is 6.15. The van der Waals surface area contributed by atoms with Crippen LogP contribution in [0.5, 0.6) is 5.75 Å². The van der Waals surface area contributed by atoms with Gasteiger partial charge in [0.1, 0.15) is 5.75 Å². The second-order valence-corrected chi connectivity index (χ2v) is 5.01. The number of carboxylic acid groups (broad SMARTS) is 1. The largest absolute Gasteiger partial charge is 0.496 e. The van der Waals surface area contributed by atoms with Crippen LogP contribution >= 0.6 is 0 Å². The second kappa shape index (κ2) is 5.91. The van der Waals surface area contributed by atoms with E-state index in [1.807, 2.05) is 6.07 Å². The number of ether oxygens (including phenoxy) is 1. The zero-order chi connectivity index (χ0) is 13.8. The highest BCUT2D eigenvalue weighted by Crippen LogP contribution is 2.39. The number of aryl methyl sites for hydroxylation is 1. The maximum Gasteiger partial charge on any atom is 0.328 e. The van der Waals surface area contributed by atoms with Gasteiger partial charge in [-0.05, 0) is 48.8 Å². The summed E-state index contributed by atoms with van der Waals surface area (Å²) < 4.78 is 5.38. The Morgan fingerprint density at radius 2 is 2.21 bits per heavy atom. The number of rotatable bonds is 6. The Hall–Kier alpha value is -1.77. The van der Waals surface area contributed by atoms with Crippen LogP contribution < -0.4 is 4.74 Å². The predicted octanol–water partition coefficient (Wildman–Crippen LogP) is 3.22. The van der Waals surface area contributed by atoms with Crippen LogP contribution in [0, 0.1) is 5.92 Å². The highest BCUT2D eigenvalue weighted by atomic mass is 16.5. The number of carboxylic acids is 1. The third-order valence-corrected chi connectivity index (χ3v) is 3.56. The summed E-state index contributed by atoms with van der Waals surface area (Å²) >= 11 is 0. The van der Waals surface area contributed by atoms with E-state index in [0.29, 0.717) is 12.3 Å². The first-order valence-electron chi connectivity index (χ1n) is 6.73. The molecule has 0 amide bonds. The Balaban J connectivity index is 2.27. The van der Waals surface area contributed by atoms with Crippen LogP contribution in [0.15, 0.2) is 29.8 Å². The van der Waals surface area contributed by atoms with Gasteiger partial charge in [0.2, 0.25) is 0 Å². The van der Waals surface area contributed by atoms with Crippen LogP contribution in [-0.2, 0) is 17.6 Å². The van der Waals surface area contributed by atoms with Gasteiger partial charge in [-0.3, -0.25) is 0 Å². The minimum atomic E-state index is -0.854. The summed E-state index contributed by atoms with van der Waals surface area (Å²) in [5.41, 5.74) is 3.35. The molecule has 1 aromatic carbocycles. The fourth-order valence-corrected chi connectivity index (χ4v) is 2.34. The van der Waals surface area contributed by atoms with Crippen LogP contribution in [0.25, 0.3) is 0 Å². The van der Waals surface area contributed by atoms with Crippen molar-refractivity contribution in [3.63, 3.8) is 0 Å². The van der Waals surface area contributed by atoms with Gasteiger partial charge in [0, 0.05) is 6.08 Å². The van der Waals surface area contributed by atoms with Gasteiger partial charge in [0.25, 0.3) is 0 Å². The number of carbonyl (C=O) groups is 1. The van der Waals surface area contributed by atoms with Gasteiger partial charge < -0.3 is 9.84 Å². The summed E-state index contributed by atoms with van der Waals surface area (Å²) in [6.07, 6.45) is 5.23. The van der Waals surface area contributed by atoms with Gasteiger partial charge in [-0.1, -0.05) is 24.6 Å². The van der Waals surface area contributed by atoms with E-state index in [1.165, 1.54) is 11.6 Å². The van der Waals surface area contributed by atoms with E-state index in [0.717, 1.165) is 36.1 Å². The highest BCUT2D eigenvalue weighted by Gasteiger charge is 2.27. The molecular weight excluding hydrogens is 240 g/mol. The minimum Gasteiger partial charge on any atom is -0.496 e. The molecule has 3 heteroatoms. The summed E-state index contributed by atoms with van der Waals surface area (Å²) in [5.74, 6) is 0.438. The van der Waals surface area contributed by atoms with Crippen molar-refractivity contribution in [1.82, 2.24) is 0 Å². The summed E-state index contributed by atoms with van der Waals surface area (Å²) in [6.45, 7) is 2.11. The standard InChI is InChI=1S/C16H20O3/c1-3-11-4-7-15(19-2)14(8-11)9-13(10-16(17)18)12-5-6-12/h4,7-8,10,12H,3,5-6,9H2,1-2H3,(H,17,18)/b13-10-. The molecule has 1 aromatic rings. The van der Waals surface area contributed by atoms with Crippen molar-refractivity contribution in [1.29, 1.82) is 0 Å². The van der Waals surface area contributed by atoms with Crippen molar-refractivity contribution >= 4 is 5.97 Å². The lowest BCUT2D eigenvalue weighted by atomic mass is 9.98. The van der Waals surface area contributed by atoms with E-state index < -0.39 is 5.97 Å². The quantitative estimate of drug-likeness (QED) is 0.799. The zero-order valence-electron chi connectivity index (χ0n) is 11.5. The Labute approximate surface area is 113 Å². The van der Waals surface area contributed by atoms with Crippen molar-refractivity contribution < 1.29 is 14.6 Å². The molecule has 0 saturated heterocycles. The van der Waals surface area contributed by atoms with Crippen LogP contribution in [-0.4, -0.2) is 18.2 Å². The number of hydrogen-bond acceptors (Lipinski definition) is 2. The molecule has 0 bridgehead atoms.